The van der Waals surface area contributed by atoms with E-state index in [0.717, 1.165) is 31.4 Å². The van der Waals surface area contributed by atoms with Crippen LogP contribution < -0.4 is 5.32 Å². The molecule has 1 nitrogen and oxygen atoms in total. The first-order chi connectivity index (χ1) is 10.2. The van der Waals surface area contributed by atoms with E-state index in [9.17, 15) is 4.39 Å². The van der Waals surface area contributed by atoms with Crippen LogP contribution in [0, 0.1) is 5.82 Å². The van der Waals surface area contributed by atoms with Crippen molar-refractivity contribution in [3.05, 3.63) is 69.9 Å². The first-order valence-electron chi connectivity index (χ1n) is 7.41. The molecule has 2 aromatic rings. The molecule has 2 aromatic carbocycles. The molecule has 1 atom stereocenters. The highest BCUT2D eigenvalue weighted by molar-refractivity contribution is 9.10. The largest absolute Gasteiger partial charge is 0.314 e. The molecule has 0 radical (unpaired) electrons. The molecule has 0 heterocycles. The summed E-state index contributed by atoms with van der Waals surface area (Å²) in [5.41, 5.74) is 2.37. The Kier molecular flexibility index (Phi) is 6.40. The summed E-state index contributed by atoms with van der Waals surface area (Å²) in [7, 11) is 0. The van der Waals surface area contributed by atoms with Crippen molar-refractivity contribution >= 4 is 15.9 Å². The molecular formula is C18H21BrFN. The van der Waals surface area contributed by atoms with Gasteiger partial charge in [-0.25, -0.2) is 4.39 Å². The molecule has 0 aliphatic heterocycles. The molecule has 0 saturated heterocycles. The Labute approximate surface area is 134 Å². The molecule has 0 saturated carbocycles. The number of hydrogen-bond acceptors (Lipinski definition) is 1. The van der Waals surface area contributed by atoms with Crippen LogP contribution in [0.2, 0.25) is 0 Å². The minimum atomic E-state index is -0.189. The minimum Gasteiger partial charge on any atom is -0.314 e. The second-order valence-electron chi connectivity index (χ2n) is 5.20. The molecule has 1 N–H and O–H groups in total. The third-order valence-corrected chi connectivity index (χ3v) is 4.50. The van der Waals surface area contributed by atoms with Crippen molar-refractivity contribution in [2.75, 3.05) is 6.54 Å². The maximum absolute atomic E-state index is 13.6. The smallest absolute Gasteiger partial charge is 0.137 e. The van der Waals surface area contributed by atoms with Gasteiger partial charge in [0.1, 0.15) is 5.82 Å². The molecule has 0 amide bonds. The fourth-order valence-corrected chi connectivity index (χ4v) is 2.95. The van der Waals surface area contributed by atoms with E-state index in [1.54, 1.807) is 6.07 Å². The summed E-state index contributed by atoms with van der Waals surface area (Å²) < 4.78 is 14.2. The van der Waals surface area contributed by atoms with Crippen LogP contribution >= 0.6 is 15.9 Å². The van der Waals surface area contributed by atoms with Gasteiger partial charge in [-0.2, -0.15) is 0 Å². The van der Waals surface area contributed by atoms with Gasteiger partial charge in [-0.15, -0.1) is 0 Å². The van der Waals surface area contributed by atoms with Gasteiger partial charge in [-0.3, -0.25) is 0 Å². The SMILES string of the molecule is CCNC(CCc1ccccc1)Cc1cccc(F)c1Br. The van der Waals surface area contributed by atoms with Crippen LogP contribution in [-0.4, -0.2) is 12.6 Å². The first kappa shape index (κ1) is 16.2. The summed E-state index contributed by atoms with van der Waals surface area (Å²) in [6.45, 7) is 3.03. The van der Waals surface area contributed by atoms with Gasteiger partial charge in [0.2, 0.25) is 0 Å². The topological polar surface area (TPSA) is 12.0 Å². The van der Waals surface area contributed by atoms with E-state index in [-0.39, 0.29) is 5.82 Å². The Morgan fingerprint density at radius 3 is 2.57 bits per heavy atom. The summed E-state index contributed by atoms with van der Waals surface area (Å²) in [5.74, 6) is -0.189. The number of nitrogens with one attached hydrogen (secondary N) is 1. The van der Waals surface area contributed by atoms with Crippen LogP contribution in [0.25, 0.3) is 0 Å². The van der Waals surface area contributed by atoms with Gasteiger partial charge >= 0.3 is 0 Å². The van der Waals surface area contributed by atoms with Gasteiger partial charge in [0.15, 0.2) is 0 Å². The summed E-state index contributed by atoms with van der Waals surface area (Å²) in [6.07, 6.45) is 2.91. The van der Waals surface area contributed by atoms with E-state index in [2.05, 4.69) is 52.4 Å². The zero-order valence-corrected chi connectivity index (χ0v) is 13.9. The number of halogens is 2. The quantitative estimate of drug-likeness (QED) is 0.760. The number of hydrogen-bond donors (Lipinski definition) is 1. The number of likely N-dealkylation sites (N-methyl/N-ethyl adjacent to an activating group) is 1. The Morgan fingerprint density at radius 2 is 1.86 bits per heavy atom. The average Bonchev–Trinajstić information content (AvgIpc) is 2.50. The Balaban J connectivity index is 2.00. The van der Waals surface area contributed by atoms with Crippen molar-refractivity contribution in [3.8, 4) is 0 Å². The van der Waals surface area contributed by atoms with Crippen molar-refractivity contribution in [2.24, 2.45) is 0 Å². The summed E-state index contributed by atoms with van der Waals surface area (Å²) >= 11 is 3.35. The van der Waals surface area contributed by atoms with Crippen molar-refractivity contribution in [1.29, 1.82) is 0 Å². The minimum absolute atomic E-state index is 0.189. The second-order valence-corrected chi connectivity index (χ2v) is 5.99. The van der Waals surface area contributed by atoms with E-state index in [1.165, 1.54) is 11.6 Å². The lowest BCUT2D eigenvalue weighted by Crippen LogP contribution is -2.31. The molecule has 0 aliphatic rings. The molecule has 3 heteroatoms. The van der Waals surface area contributed by atoms with Crippen molar-refractivity contribution in [3.63, 3.8) is 0 Å². The predicted octanol–water partition coefficient (Wildman–Crippen LogP) is 4.74. The fraction of sp³-hybridized carbons (Fsp3) is 0.333. The molecule has 2 rings (SSSR count). The van der Waals surface area contributed by atoms with E-state index in [0.29, 0.717) is 10.5 Å². The van der Waals surface area contributed by atoms with Gasteiger partial charge < -0.3 is 5.32 Å². The maximum atomic E-state index is 13.6. The van der Waals surface area contributed by atoms with Crippen LogP contribution in [0.1, 0.15) is 24.5 Å². The standard InChI is InChI=1S/C18H21BrFN/c1-2-21-16(12-11-14-7-4-3-5-8-14)13-15-9-6-10-17(20)18(15)19/h3-10,16,21H,2,11-13H2,1H3. The molecule has 1 unspecified atom stereocenters. The van der Waals surface area contributed by atoms with Crippen LogP contribution in [0.15, 0.2) is 53.0 Å². The normalized spacial score (nSPS) is 12.3. The summed E-state index contributed by atoms with van der Waals surface area (Å²) in [4.78, 5) is 0. The van der Waals surface area contributed by atoms with Crippen molar-refractivity contribution in [1.82, 2.24) is 5.32 Å². The van der Waals surface area contributed by atoms with Crippen LogP contribution in [0.3, 0.4) is 0 Å². The Hall–Kier alpha value is -1.19. The van der Waals surface area contributed by atoms with Gasteiger partial charge in [0, 0.05) is 6.04 Å². The third kappa shape index (κ3) is 4.94. The predicted molar refractivity (Wildman–Crippen MR) is 90.0 cm³/mol. The zero-order valence-electron chi connectivity index (χ0n) is 12.3. The van der Waals surface area contributed by atoms with Crippen molar-refractivity contribution in [2.45, 2.75) is 32.2 Å². The highest BCUT2D eigenvalue weighted by Gasteiger charge is 2.12. The zero-order chi connectivity index (χ0) is 15.1. The molecular weight excluding hydrogens is 329 g/mol. The Bertz CT molecular complexity index is 556. The Morgan fingerprint density at radius 1 is 1.10 bits per heavy atom. The van der Waals surface area contributed by atoms with E-state index >= 15 is 0 Å². The molecule has 21 heavy (non-hydrogen) atoms. The lowest BCUT2D eigenvalue weighted by Gasteiger charge is -2.19. The van der Waals surface area contributed by atoms with Gasteiger partial charge in [0.25, 0.3) is 0 Å². The summed E-state index contributed by atoms with van der Waals surface area (Å²) in [5, 5.41) is 3.50. The number of rotatable bonds is 7. The van der Waals surface area contributed by atoms with Crippen molar-refractivity contribution < 1.29 is 4.39 Å². The lowest BCUT2D eigenvalue weighted by atomic mass is 9.99. The van der Waals surface area contributed by atoms with E-state index in [1.807, 2.05) is 12.1 Å². The third-order valence-electron chi connectivity index (χ3n) is 3.61. The highest BCUT2D eigenvalue weighted by Crippen LogP contribution is 2.22. The van der Waals surface area contributed by atoms with Crippen LogP contribution in [0.5, 0.6) is 0 Å². The molecule has 0 bridgehead atoms. The molecule has 0 spiro atoms. The maximum Gasteiger partial charge on any atom is 0.137 e. The lowest BCUT2D eigenvalue weighted by molar-refractivity contribution is 0.489. The fourth-order valence-electron chi connectivity index (χ4n) is 2.52. The monoisotopic (exact) mass is 349 g/mol. The van der Waals surface area contributed by atoms with Crippen LogP contribution in [0.4, 0.5) is 4.39 Å². The van der Waals surface area contributed by atoms with Gasteiger partial charge in [0.05, 0.1) is 4.47 Å². The van der Waals surface area contributed by atoms with Gasteiger partial charge in [-0.05, 0) is 58.9 Å². The van der Waals surface area contributed by atoms with E-state index in [4.69, 9.17) is 0 Å². The second kappa shape index (κ2) is 8.30. The number of aryl methyl sites for hydroxylation is 1. The molecule has 112 valence electrons. The molecule has 0 aromatic heterocycles. The molecule has 0 aliphatic carbocycles. The molecule has 0 fully saturated rings. The average molecular weight is 350 g/mol. The number of benzene rings is 2. The van der Waals surface area contributed by atoms with E-state index < -0.39 is 0 Å². The summed E-state index contributed by atoms with van der Waals surface area (Å²) in [6, 6.07) is 16.1. The highest BCUT2D eigenvalue weighted by atomic mass is 79.9. The van der Waals surface area contributed by atoms with Crippen LogP contribution in [-0.2, 0) is 12.8 Å². The first-order valence-corrected chi connectivity index (χ1v) is 8.20. The van der Waals surface area contributed by atoms with Gasteiger partial charge in [-0.1, -0.05) is 49.4 Å².